The number of unbranched alkanes of at least 4 members (excludes halogenated alkanes) is 3. The number of allylic oxidation sites excluding steroid dienone is 2. The Morgan fingerprint density at radius 3 is 1.70 bits per heavy atom. The molecule has 116 valence electrons. The van der Waals surface area contributed by atoms with E-state index in [1.165, 1.54) is 29.6 Å². The first-order valence-electron chi connectivity index (χ1n) is 9.44. The molecule has 0 spiro atoms. The maximum absolute atomic E-state index is 2.63. The summed E-state index contributed by atoms with van der Waals surface area (Å²) in [5, 5.41) is 0. The van der Waals surface area contributed by atoms with Gasteiger partial charge < -0.3 is 0 Å². The van der Waals surface area contributed by atoms with Crippen molar-refractivity contribution >= 4 is 18.4 Å². The quantitative estimate of drug-likeness (QED) is 0.287. The van der Waals surface area contributed by atoms with Crippen LogP contribution in [0.3, 0.4) is 0 Å². The zero-order valence-corrected chi connectivity index (χ0v) is 17.0. The van der Waals surface area contributed by atoms with Gasteiger partial charge in [-0.1, -0.05) is 0 Å². The van der Waals surface area contributed by atoms with E-state index in [-0.39, 0.29) is 0 Å². The number of hydrogen-bond donors (Lipinski definition) is 0. The molecule has 0 N–H and O–H groups in total. The summed E-state index contributed by atoms with van der Waals surface area (Å²) < 4.78 is 6.37. The molecule has 2 aliphatic carbocycles. The fourth-order valence-electron chi connectivity index (χ4n) is 5.00. The van der Waals surface area contributed by atoms with Gasteiger partial charge >= 0.3 is 132 Å². The molecule has 20 heavy (non-hydrogen) atoms. The maximum atomic E-state index is 2.63. The third-order valence-electron chi connectivity index (χ3n) is 6.15. The van der Waals surface area contributed by atoms with Crippen molar-refractivity contribution in [3.63, 3.8) is 0 Å². The van der Waals surface area contributed by atoms with E-state index in [9.17, 15) is 0 Å². The predicted octanol–water partition coefficient (Wildman–Crippen LogP) is 6.80. The number of fused-ring (bicyclic) bond motifs is 2. The zero-order valence-electron chi connectivity index (χ0n) is 14.2. The van der Waals surface area contributed by atoms with Crippen LogP contribution in [0, 0.1) is 11.8 Å². The van der Waals surface area contributed by atoms with E-state index in [1.807, 2.05) is 0 Å². The fourth-order valence-corrected chi connectivity index (χ4v) is 25.0. The van der Waals surface area contributed by atoms with Crippen LogP contribution < -0.4 is 0 Å². The van der Waals surface area contributed by atoms with Gasteiger partial charge in [-0.3, -0.25) is 0 Å². The van der Waals surface area contributed by atoms with Crippen molar-refractivity contribution in [3.8, 4) is 0 Å². The van der Waals surface area contributed by atoms with Crippen molar-refractivity contribution in [2.75, 3.05) is 0 Å². The molecule has 0 amide bonds. The van der Waals surface area contributed by atoms with E-state index in [1.54, 1.807) is 39.0 Å². The summed E-state index contributed by atoms with van der Waals surface area (Å²) in [5.41, 5.74) is 0. The monoisotopic (exact) mass is 384 g/mol. The Balaban J connectivity index is 2.12. The van der Waals surface area contributed by atoms with Crippen molar-refractivity contribution in [2.45, 2.75) is 89.4 Å². The van der Waals surface area contributed by atoms with Crippen LogP contribution in [0.1, 0.15) is 72.1 Å². The Morgan fingerprint density at radius 1 is 0.800 bits per heavy atom. The van der Waals surface area contributed by atoms with Crippen LogP contribution in [-0.4, -0.2) is 18.4 Å². The van der Waals surface area contributed by atoms with E-state index < -0.39 is 18.4 Å². The fraction of sp³-hybridized carbons (Fsp3) is 0.895. The molecule has 0 radical (unpaired) electrons. The van der Waals surface area contributed by atoms with Gasteiger partial charge in [-0.2, -0.15) is 0 Å². The van der Waals surface area contributed by atoms with Crippen molar-refractivity contribution in [2.24, 2.45) is 11.8 Å². The second-order valence-corrected chi connectivity index (χ2v) is 21.7. The Hall–Kier alpha value is 0.539. The molecule has 0 heterocycles. The first-order chi connectivity index (χ1) is 9.75. The molecular formula is C19H36Sn. The van der Waals surface area contributed by atoms with E-state index in [4.69, 9.17) is 0 Å². The Labute approximate surface area is 131 Å². The Bertz CT molecular complexity index is 285. The van der Waals surface area contributed by atoms with Crippen molar-refractivity contribution < 1.29 is 0 Å². The molecule has 0 nitrogen and oxygen atoms in total. The van der Waals surface area contributed by atoms with E-state index in [0.717, 1.165) is 11.8 Å². The van der Waals surface area contributed by atoms with Gasteiger partial charge in [0.15, 0.2) is 0 Å². The summed E-state index contributed by atoms with van der Waals surface area (Å²) in [7, 11) is 0. The summed E-state index contributed by atoms with van der Waals surface area (Å²) in [6, 6.07) is 0. The van der Waals surface area contributed by atoms with Crippen LogP contribution in [0.2, 0.25) is 17.2 Å². The van der Waals surface area contributed by atoms with Crippen molar-refractivity contribution in [3.05, 3.63) is 12.2 Å². The second kappa shape index (κ2) is 8.24. The molecule has 2 aliphatic rings. The first kappa shape index (κ1) is 16.9. The molecule has 0 aliphatic heterocycles. The summed E-state index contributed by atoms with van der Waals surface area (Å²) in [4.78, 5) is 0. The van der Waals surface area contributed by atoms with Gasteiger partial charge in [0, 0.05) is 0 Å². The Kier molecular flexibility index (Phi) is 6.97. The molecule has 3 atom stereocenters. The predicted molar refractivity (Wildman–Crippen MR) is 94.0 cm³/mol. The molecule has 0 aromatic carbocycles. The molecule has 0 aromatic rings. The van der Waals surface area contributed by atoms with Gasteiger partial charge in [0.05, 0.1) is 0 Å². The summed E-state index contributed by atoms with van der Waals surface area (Å²) in [5.74, 6) is 2.02. The molecule has 0 saturated heterocycles. The van der Waals surface area contributed by atoms with Crippen molar-refractivity contribution in [1.82, 2.24) is 0 Å². The van der Waals surface area contributed by atoms with Gasteiger partial charge in [0.2, 0.25) is 0 Å². The molecule has 1 heteroatoms. The summed E-state index contributed by atoms with van der Waals surface area (Å²) in [6.07, 6.45) is 17.2. The van der Waals surface area contributed by atoms with E-state index in [2.05, 4.69) is 32.9 Å². The SMILES string of the molecule is CCC[CH2][Sn]([CH2]CCC)([CH2]CCC)[CH]1CC2C=CC1C2. The average Bonchev–Trinajstić information content (AvgIpc) is 3.10. The van der Waals surface area contributed by atoms with Crippen LogP contribution in [0.25, 0.3) is 0 Å². The molecule has 3 unspecified atom stereocenters. The number of hydrogen-bond acceptors (Lipinski definition) is 0. The topological polar surface area (TPSA) is 0 Å². The van der Waals surface area contributed by atoms with Gasteiger partial charge in [-0.15, -0.1) is 0 Å². The molecule has 0 aromatic heterocycles. The third kappa shape index (κ3) is 3.84. The normalized spacial score (nSPS) is 28.4. The van der Waals surface area contributed by atoms with Crippen LogP contribution in [0.5, 0.6) is 0 Å². The van der Waals surface area contributed by atoms with E-state index >= 15 is 0 Å². The minimum atomic E-state index is -1.91. The van der Waals surface area contributed by atoms with Gasteiger partial charge in [0.25, 0.3) is 0 Å². The summed E-state index contributed by atoms with van der Waals surface area (Å²) >= 11 is -1.91. The minimum absolute atomic E-state index is 0.992. The molecule has 1 saturated carbocycles. The van der Waals surface area contributed by atoms with Gasteiger partial charge in [-0.05, 0) is 0 Å². The molecular weight excluding hydrogens is 347 g/mol. The van der Waals surface area contributed by atoms with Crippen LogP contribution in [0.4, 0.5) is 0 Å². The molecule has 2 bridgehead atoms. The van der Waals surface area contributed by atoms with Gasteiger partial charge in [-0.25, -0.2) is 0 Å². The number of rotatable bonds is 10. The van der Waals surface area contributed by atoms with Gasteiger partial charge in [0.1, 0.15) is 0 Å². The third-order valence-corrected chi connectivity index (χ3v) is 24.1. The second-order valence-electron chi connectivity index (χ2n) is 7.56. The molecule has 1 fully saturated rings. The van der Waals surface area contributed by atoms with Crippen LogP contribution >= 0.6 is 0 Å². The van der Waals surface area contributed by atoms with Crippen LogP contribution in [-0.2, 0) is 0 Å². The average molecular weight is 383 g/mol. The standard InChI is InChI=1S/C7H9.3C4H9.Sn/c1-2-7-4-3-6(1)5-7;3*1-3-4-2;/h1-3,6-7H,4-5H2;3*1,3-4H2,2H3;. The van der Waals surface area contributed by atoms with E-state index in [0.29, 0.717) is 0 Å². The van der Waals surface area contributed by atoms with Crippen molar-refractivity contribution in [1.29, 1.82) is 0 Å². The van der Waals surface area contributed by atoms with Crippen LogP contribution in [0.15, 0.2) is 12.2 Å². The Morgan fingerprint density at radius 2 is 1.35 bits per heavy atom. The first-order valence-corrected chi connectivity index (χ1v) is 17.1. The molecule has 2 rings (SSSR count). The summed E-state index contributed by atoms with van der Waals surface area (Å²) in [6.45, 7) is 7.20. The zero-order chi connectivity index (χ0) is 14.4.